The van der Waals surface area contributed by atoms with Gasteiger partial charge in [-0.25, -0.2) is 4.98 Å². The van der Waals surface area contributed by atoms with Crippen LogP contribution in [0.15, 0.2) is 42.6 Å². The Hall–Kier alpha value is -2.40. The molecule has 0 atom stereocenters. The third-order valence-corrected chi connectivity index (χ3v) is 3.85. The van der Waals surface area contributed by atoms with Crippen molar-refractivity contribution in [2.75, 3.05) is 6.54 Å². The summed E-state index contributed by atoms with van der Waals surface area (Å²) in [5.41, 5.74) is 3.52. The maximum atomic E-state index is 4.86. The summed E-state index contributed by atoms with van der Waals surface area (Å²) in [6, 6.07) is 12.4. The van der Waals surface area contributed by atoms with E-state index >= 15 is 0 Å². The van der Waals surface area contributed by atoms with Crippen LogP contribution in [0.1, 0.15) is 11.4 Å². The molecule has 0 radical (unpaired) electrons. The number of hydrogen-bond donors (Lipinski definition) is 1. The highest BCUT2D eigenvalue weighted by atomic mass is 15.3. The zero-order chi connectivity index (χ0) is 14.2. The lowest BCUT2D eigenvalue weighted by Crippen LogP contribution is -2.24. The van der Waals surface area contributed by atoms with E-state index in [1.54, 1.807) is 0 Å². The number of benzene rings is 1. The number of nitrogens with zero attached hydrogens (tertiary/aromatic N) is 4. The SMILES string of the molecule is Cn1ccc(-n2c(-c3ccccc3)nc3c2CCNC3)n1. The molecule has 0 amide bonds. The molecule has 3 heterocycles. The number of hydrogen-bond acceptors (Lipinski definition) is 3. The molecule has 0 saturated heterocycles. The number of aryl methyl sites for hydroxylation is 1. The Morgan fingerprint density at radius 3 is 2.76 bits per heavy atom. The van der Waals surface area contributed by atoms with Crippen molar-refractivity contribution in [1.29, 1.82) is 0 Å². The van der Waals surface area contributed by atoms with Crippen LogP contribution in [0.3, 0.4) is 0 Å². The van der Waals surface area contributed by atoms with Crippen LogP contribution >= 0.6 is 0 Å². The molecule has 1 N–H and O–H groups in total. The van der Waals surface area contributed by atoms with Crippen molar-refractivity contribution in [2.24, 2.45) is 7.05 Å². The van der Waals surface area contributed by atoms with Crippen LogP contribution in [0, 0.1) is 0 Å². The number of aromatic nitrogens is 4. The van der Waals surface area contributed by atoms with E-state index in [1.165, 1.54) is 5.69 Å². The van der Waals surface area contributed by atoms with Gasteiger partial charge in [0, 0.05) is 44.4 Å². The van der Waals surface area contributed by atoms with Gasteiger partial charge in [-0.15, -0.1) is 0 Å². The summed E-state index contributed by atoms with van der Waals surface area (Å²) in [5.74, 6) is 1.91. The van der Waals surface area contributed by atoms with Crippen LogP contribution < -0.4 is 5.32 Å². The van der Waals surface area contributed by atoms with Gasteiger partial charge in [0.05, 0.1) is 11.4 Å². The van der Waals surface area contributed by atoms with Crippen LogP contribution in [0.5, 0.6) is 0 Å². The Labute approximate surface area is 123 Å². The predicted molar refractivity (Wildman–Crippen MR) is 81.2 cm³/mol. The van der Waals surface area contributed by atoms with Crippen molar-refractivity contribution < 1.29 is 0 Å². The quantitative estimate of drug-likeness (QED) is 0.779. The second kappa shape index (κ2) is 4.86. The van der Waals surface area contributed by atoms with Crippen LogP contribution in [0.4, 0.5) is 0 Å². The smallest absolute Gasteiger partial charge is 0.160 e. The van der Waals surface area contributed by atoms with E-state index in [4.69, 9.17) is 4.98 Å². The molecule has 106 valence electrons. The lowest BCUT2D eigenvalue weighted by molar-refractivity contribution is 0.617. The van der Waals surface area contributed by atoms with E-state index in [0.717, 1.165) is 42.4 Å². The Morgan fingerprint density at radius 2 is 2.00 bits per heavy atom. The molecule has 1 aromatic carbocycles. The van der Waals surface area contributed by atoms with Crippen LogP contribution in [0.25, 0.3) is 17.2 Å². The molecular formula is C16H17N5. The maximum absolute atomic E-state index is 4.86. The van der Waals surface area contributed by atoms with E-state index in [9.17, 15) is 0 Å². The van der Waals surface area contributed by atoms with Crippen molar-refractivity contribution in [3.8, 4) is 17.2 Å². The van der Waals surface area contributed by atoms with Crippen molar-refractivity contribution in [3.05, 3.63) is 54.0 Å². The fraction of sp³-hybridized carbons (Fsp3) is 0.250. The topological polar surface area (TPSA) is 47.7 Å². The van der Waals surface area contributed by atoms with E-state index in [0.29, 0.717) is 0 Å². The molecule has 0 fully saturated rings. The molecule has 0 spiro atoms. The molecule has 5 heteroatoms. The van der Waals surface area contributed by atoms with Gasteiger partial charge in [0.1, 0.15) is 5.82 Å². The molecule has 4 rings (SSSR count). The minimum Gasteiger partial charge on any atom is -0.311 e. The highest BCUT2D eigenvalue weighted by Gasteiger charge is 2.22. The minimum atomic E-state index is 0.828. The summed E-state index contributed by atoms with van der Waals surface area (Å²) in [6.07, 6.45) is 2.95. The Kier molecular flexibility index (Phi) is 2.86. The van der Waals surface area contributed by atoms with Crippen LogP contribution in [0.2, 0.25) is 0 Å². The summed E-state index contributed by atoms with van der Waals surface area (Å²) < 4.78 is 4.03. The zero-order valence-electron chi connectivity index (χ0n) is 12.0. The molecule has 1 aliphatic heterocycles. The first-order valence-corrected chi connectivity index (χ1v) is 7.19. The molecule has 1 aliphatic rings. The van der Waals surface area contributed by atoms with Gasteiger partial charge >= 0.3 is 0 Å². The molecule has 0 unspecified atom stereocenters. The van der Waals surface area contributed by atoms with Gasteiger partial charge in [-0.05, 0) is 0 Å². The van der Waals surface area contributed by atoms with Crippen molar-refractivity contribution >= 4 is 0 Å². The number of fused-ring (bicyclic) bond motifs is 1. The Balaban J connectivity index is 1.96. The van der Waals surface area contributed by atoms with Gasteiger partial charge in [0.2, 0.25) is 0 Å². The van der Waals surface area contributed by atoms with Gasteiger partial charge in [0.25, 0.3) is 0 Å². The fourth-order valence-electron chi connectivity index (χ4n) is 2.86. The van der Waals surface area contributed by atoms with Crippen LogP contribution in [-0.4, -0.2) is 25.9 Å². The molecule has 0 aliphatic carbocycles. The standard InChI is InChI=1S/C16H17N5/c1-20-10-8-15(19-20)21-14-7-9-17-11-13(14)18-16(21)12-5-3-2-4-6-12/h2-6,8,10,17H,7,9,11H2,1H3. The Bertz CT molecular complexity index is 769. The monoisotopic (exact) mass is 279 g/mol. The molecule has 0 bridgehead atoms. The third-order valence-electron chi connectivity index (χ3n) is 3.85. The van der Waals surface area contributed by atoms with Gasteiger partial charge in [-0.2, -0.15) is 5.10 Å². The predicted octanol–water partition coefficient (Wildman–Crippen LogP) is 1.92. The first-order valence-electron chi connectivity index (χ1n) is 7.19. The van der Waals surface area contributed by atoms with Crippen molar-refractivity contribution in [2.45, 2.75) is 13.0 Å². The largest absolute Gasteiger partial charge is 0.311 e. The Morgan fingerprint density at radius 1 is 1.14 bits per heavy atom. The molecule has 21 heavy (non-hydrogen) atoms. The van der Waals surface area contributed by atoms with E-state index in [-0.39, 0.29) is 0 Å². The zero-order valence-corrected chi connectivity index (χ0v) is 12.0. The second-order valence-electron chi connectivity index (χ2n) is 5.30. The highest BCUT2D eigenvalue weighted by molar-refractivity contribution is 5.60. The lowest BCUT2D eigenvalue weighted by Gasteiger charge is -2.14. The first kappa shape index (κ1) is 12.3. The first-order chi connectivity index (χ1) is 10.3. The highest BCUT2D eigenvalue weighted by Crippen LogP contribution is 2.27. The summed E-state index contributed by atoms with van der Waals surface area (Å²) in [6.45, 7) is 1.81. The molecule has 5 nitrogen and oxygen atoms in total. The number of nitrogens with one attached hydrogen (secondary N) is 1. The summed E-state index contributed by atoms with van der Waals surface area (Å²) in [4.78, 5) is 4.86. The van der Waals surface area contributed by atoms with E-state index < -0.39 is 0 Å². The summed E-state index contributed by atoms with van der Waals surface area (Å²) in [7, 11) is 1.94. The van der Waals surface area contributed by atoms with Gasteiger partial charge in [-0.1, -0.05) is 30.3 Å². The van der Waals surface area contributed by atoms with Gasteiger partial charge in [-0.3, -0.25) is 9.25 Å². The van der Waals surface area contributed by atoms with Crippen molar-refractivity contribution in [1.82, 2.24) is 24.6 Å². The third kappa shape index (κ3) is 2.06. The van der Waals surface area contributed by atoms with Crippen LogP contribution in [-0.2, 0) is 20.0 Å². The lowest BCUT2D eigenvalue weighted by atomic mass is 10.2. The average Bonchev–Trinajstić information content (AvgIpc) is 3.11. The van der Waals surface area contributed by atoms with Gasteiger partial charge < -0.3 is 5.32 Å². The normalized spacial score (nSPS) is 14.1. The second-order valence-corrected chi connectivity index (χ2v) is 5.30. The molecule has 2 aromatic heterocycles. The molecule has 0 saturated carbocycles. The molecular weight excluding hydrogens is 262 g/mol. The minimum absolute atomic E-state index is 0.828. The van der Waals surface area contributed by atoms with Gasteiger partial charge in [0.15, 0.2) is 5.82 Å². The number of rotatable bonds is 2. The molecule has 3 aromatic rings. The van der Waals surface area contributed by atoms with Crippen molar-refractivity contribution in [3.63, 3.8) is 0 Å². The number of imidazole rings is 1. The summed E-state index contributed by atoms with van der Waals surface area (Å²) >= 11 is 0. The maximum Gasteiger partial charge on any atom is 0.160 e. The van der Waals surface area contributed by atoms with E-state index in [2.05, 4.69) is 27.1 Å². The average molecular weight is 279 g/mol. The van der Waals surface area contributed by atoms with E-state index in [1.807, 2.05) is 42.2 Å². The fourth-order valence-corrected chi connectivity index (χ4v) is 2.86. The summed E-state index contributed by atoms with van der Waals surface area (Å²) in [5, 5.41) is 7.95.